The molecule has 38 heavy (non-hydrogen) atoms. The van der Waals surface area contributed by atoms with Crippen LogP contribution in [-0.4, -0.2) is 50.2 Å². The highest BCUT2D eigenvalue weighted by molar-refractivity contribution is 7.92. The molecule has 6 rings (SSSR count). The summed E-state index contributed by atoms with van der Waals surface area (Å²) in [6, 6.07) is 9.72. The molecule has 3 heterocycles. The van der Waals surface area contributed by atoms with Gasteiger partial charge in [-0.1, -0.05) is 6.07 Å². The Bertz CT molecular complexity index is 1570. The number of benzene rings is 1. The average molecular weight is 529 g/mol. The van der Waals surface area contributed by atoms with Gasteiger partial charge in [0.05, 0.1) is 6.20 Å². The Morgan fingerprint density at radius 1 is 1.13 bits per heavy atom. The van der Waals surface area contributed by atoms with Crippen molar-refractivity contribution in [2.45, 2.75) is 50.5 Å². The smallest absolute Gasteiger partial charge is 0.229 e. The highest BCUT2D eigenvalue weighted by Crippen LogP contribution is 2.51. The van der Waals surface area contributed by atoms with Gasteiger partial charge in [-0.05, 0) is 91.4 Å². The summed E-state index contributed by atoms with van der Waals surface area (Å²) in [6.07, 6.45) is 10.7. The summed E-state index contributed by atoms with van der Waals surface area (Å²) in [5.41, 5.74) is 7.38. The van der Waals surface area contributed by atoms with Gasteiger partial charge >= 0.3 is 0 Å². The number of anilines is 4. The standard InChI is InChI=1S/C28H32N8OS/c1-36-15-19-7-4-6-18-12-22(26(17-10-11-17)21(16-36)25(18)19)31-28-30-14-20(13-29)27(34-28)33-23-8-5-9-24(32-23)35-38(2,3)37/h5,8-9,12,14,17,19H,4,6-7,10-11,15-16H2,1-3H3,(H2,30,31,32,33,34). The molecule has 10 heteroatoms. The highest BCUT2D eigenvalue weighted by Gasteiger charge is 2.36. The third-order valence-corrected chi connectivity index (χ3v) is 8.03. The maximum atomic E-state index is 12.1. The minimum atomic E-state index is -2.35. The van der Waals surface area contributed by atoms with E-state index in [9.17, 15) is 9.47 Å². The predicted octanol–water partition coefficient (Wildman–Crippen LogP) is 5.33. The summed E-state index contributed by atoms with van der Waals surface area (Å²) in [5, 5.41) is 16.4. The van der Waals surface area contributed by atoms with E-state index in [4.69, 9.17) is 0 Å². The lowest BCUT2D eigenvalue weighted by Crippen LogP contribution is -2.34. The van der Waals surface area contributed by atoms with Crippen LogP contribution in [0.15, 0.2) is 34.8 Å². The topological polar surface area (TPSA) is 119 Å². The van der Waals surface area contributed by atoms with E-state index in [1.807, 2.05) is 0 Å². The van der Waals surface area contributed by atoms with Crippen LogP contribution < -0.4 is 10.6 Å². The number of nitrogens with zero attached hydrogens (tertiary/aromatic N) is 6. The Morgan fingerprint density at radius 3 is 2.74 bits per heavy atom. The van der Waals surface area contributed by atoms with E-state index in [0.717, 1.165) is 25.2 Å². The summed E-state index contributed by atoms with van der Waals surface area (Å²) in [6.45, 7) is 2.12. The molecule has 0 radical (unpaired) electrons. The third-order valence-electron chi connectivity index (χ3n) is 7.41. The number of aryl methyl sites for hydroxylation is 1. The monoisotopic (exact) mass is 528 g/mol. The van der Waals surface area contributed by atoms with E-state index >= 15 is 0 Å². The Hall–Kier alpha value is -3.55. The molecule has 0 bridgehead atoms. The maximum Gasteiger partial charge on any atom is 0.229 e. The first-order valence-electron chi connectivity index (χ1n) is 13.1. The highest BCUT2D eigenvalue weighted by atomic mass is 32.2. The Kier molecular flexibility index (Phi) is 6.28. The molecule has 0 saturated heterocycles. The van der Waals surface area contributed by atoms with Gasteiger partial charge in [-0.15, -0.1) is 0 Å². The molecule has 0 amide bonds. The third kappa shape index (κ3) is 5.08. The number of rotatable bonds is 6. The van der Waals surface area contributed by atoms with Crippen LogP contribution in [0.3, 0.4) is 0 Å². The molecule has 1 atom stereocenters. The van der Waals surface area contributed by atoms with E-state index in [1.54, 1.807) is 36.3 Å². The van der Waals surface area contributed by atoms with E-state index in [2.05, 4.69) is 54.0 Å². The largest absolute Gasteiger partial charge is 0.324 e. The number of aromatic nitrogens is 3. The van der Waals surface area contributed by atoms with Crippen LogP contribution in [0.4, 0.5) is 29.1 Å². The van der Waals surface area contributed by atoms with Crippen molar-refractivity contribution in [2.75, 3.05) is 36.7 Å². The van der Waals surface area contributed by atoms with Crippen LogP contribution in [0.1, 0.15) is 65.3 Å². The second kappa shape index (κ2) is 9.64. The molecule has 0 spiro atoms. The molecule has 1 unspecified atom stereocenters. The lowest BCUT2D eigenvalue weighted by molar-refractivity contribution is 0.265. The van der Waals surface area contributed by atoms with Gasteiger partial charge in [0.25, 0.3) is 0 Å². The van der Waals surface area contributed by atoms with Gasteiger partial charge in [0, 0.05) is 41.0 Å². The summed E-state index contributed by atoms with van der Waals surface area (Å²) >= 11 is 0. The van der Waals surface area contributed by atoms with Crippen molar-refractivity contribution in [2.24, 2.45) is 4.36 Å². The van der Waals surface area contributed by atoms with E-state index in [-0.39, 0.29) is 0 Å². The molecule has 3 aromatic rings. The summed E-state index contributed by atoms with van der Waals surface area (Å²) < 4.78 is 16.3. The van der Waals surface area contributed by atoms with Gasteiger partial charge in [-0.2, -0.15) is 14.6 Å². The summed E-state index contributed by atoms with van der Waals surface area (Å²) in [7, 11) is -0.121. The molecule has 1 saturated carbocycles. The minimum Gasteiger partial charge on any atom is -0.324 e. The van der Waals surface area contributed by atoms with Gasteiger partial charge in [-0.25, -0.2) is 14.2 Å². The molecule has 1 aromatic carbocycles. The van der Waals surface area contributed by atoms with Crippen molar-refractivity contribution >= 4 is 38.8 Å². The molecule has 2 N–H and O–H groups in total. The molecular weight excluding hydrogens is 496 g/mol. The first-order valence-corrected chi connectivity index (χ1v) is 15.4. The lowest BCUT2D eigenvalue weighted by atomic mass is 9.75. The number of likely N-dealkylation sites (N-methyl/N-ethyl adjacent to an activating group) is 1. The van der Waals surface area contributed by atoms with Crippen LogP contribution in [0.2, 0.25) is 0 Å². The summed E-state index contributed by atoms with van der Waals surface area (Å²) in [5.74, 6) is 2.81. The van der Waals surface area contributed by atoms with Crippen molar-refractivity contribution in [1.29, 1.82) is 5.26 Å². The first kappa shape index (κ1) is 24.8. The number of hydrogen-bond acceptors (Lipinski definition) is 9. The second-order valence-electron chi connectivity index (χ2n) is 10.9. The van der Waals surface area contributed by atoms with Gasteiger partial charge in [0.15, 0.2) is 11.6 Å². The van der Waals surface area contributed by atoms with Crippen LogP contribution in [0, 0.1) is 11.3 Å². The minimum absolute atomic E-state index is 0.307. The Labute approximate surface area is 223 Å². The van der Waals surface area contributed by atoms with Crippen molar-refractivity contribution in [3.63, 3.8) is 0 Å². The van der Waals surface area contributed by atoms with Crippen molar-refractivity contribution in [3.8, 4) is 6.07 Å². The zero-order chi connectivity index (χ0) is 26.4. The van der Waals surface area contributed by atoms with Gasteiger partial charge in [-0.3, -0.25) is 0 Å². The zero-order valence-electron chi connectivity index (χ0n) is 22.0. The van der Waals surface area contributed by atoms with Crippen molar-refractivity contribution < 1.29 is 4.21 Å². The van der Waals surface area contributed by atoms with E-state index in [0.29, 0.717) is 40.8 Å². The first-order chi connectivity index (χ1) is 18.3. The molecule has 9 nitrogen and oxygen atoms in total. The fourth-order valence-corrected chi connectivity index (χ4v) is 6.42. The molecule has 3 aliphatic rings. The SMILES string of the molecule is CN1Cc2c3c(cc(Nc4ncc(C#N)c(Nc5cccc(N=S(C)(C)=O)n5)n4)c2C2CC2)CCCC3C1. The van der Waals surface area contributed by atoms with Gasteiger partial charge in [0.2, 0.25) is 5.95 Å². The second-order valence-corrected chi connectivity index (χ2v) is 13.5. The fraction of sp³-hybridized carbons (Fsp3) is 0.429. The van der Waals surface area contributed by atoms with E-state index in [1.165, 1.54) is 48.6 Å². The average Bonchev–Trinajstić information content (AvgIpc) is 3.68. The van der Waals surface area contributed by atoms with Crippen LogP contribution in [0.25, 0.3) is 0 Å². The van der Waals surface area contributed by atoms with Gasteiger partial charge < -0.3 is 15.5 Å². The number of hydrogen-bond donors (Lipinski definition) is 2. The zero-order valence-corrected chi connectivity index (χ0v) is 22.8. The number of pyridine rings is 1. The fourth-order valence-electron chi connectivity index (χ4n) is 5.87. The van der Waals surface area contributed by atoms with Crippen LogP contribution >= 0.6 is 0 Å². The van der Waals surface area contributed by atoms with Gasteiger partial charge in [0.1, 0.15) is 17.5 Å². The predicted molar refractivity (Wildman–Crippen MR) is 150 cm³/mol. The Morgan fingerprint density at radius 2 is 1.97 bits per heavy atom. The molecule has 1 aliphatic heterocycles. The Balaban J connectivity index is 1.36. The van der Waals surface area contributed by atoms with Crippen LogP contribution in [-0.2, 0) is 22.7 Å². The quantitative estimate of drug-likeness (QED) is 0.440. The van der Waals surface area contributed by atoms with Crippen molar-refractivity contribution in [1.82, 2.24) is 19.9 Å². The summed E-state index contributed by atoms with van der Waals surface area (Å²) in [4.78, 5) is 16.0. The maximum absolute atomic E-state index is 12.1. The van der Waals surface area contributed by atoms with Crippen molar-refractivity contribution in [3.05, 3.63) is 58.3 Å². The molecule has 1 fully saturated rings. The van der Waals surface area contributed by atoms with E-state index < -0.39 is 9.73 Å². The lowest BCUT2D eigenvalue weighted by Gasteiger charge is -2.39. The molecule has 196 valence electrons. The molecular formula is C28H32N8OS. The molecule has 2 aliphatic carbocycles. The molecule has 2 aromatic heterocycles. The van der Waals surface area contributed by atoms with Crippen LogP contribution in [0.5, 0.6) is 0 Å². The number of nitriles is 1. The number of nitrogens with one attached hydrogen (secondary N) is 2. The normalized spacial score (nSPS) is 18.8.